The zero-order chi connectivity index (χ0) is 13.1. The van der Waals surface area contributed by atoms with Crippen molar-refractivity contribution < 1.29 is 17.9 Å². The van der Waals surface area contributed by atoms with E-state index in [1.165, 1.54) is 7.11 Å². The maximum absolute atomic E-state index is 12.6. The van der Waals surface area contributed by atoms with Gasteiger partial charge in [0, 0.05) is 12.6 Å². The Balaban J connectivity index is 2.97. The zero-order valence-corrected chi connectivity index (χ0v) is 10.1. The van der Waals surface area contributed by atoms with E-state index in [1.54, 1.807) is 6.07 Å². The van der Waals surface area contributed by atoms with Crippen LogP contribution in [0.3, 0.4) is 0 Å². The largest absolute Gasteiger partial charge is 0.497 e. The number of methoxy groups -OCH3 is 1. The van der Waals surface area contributed by atoms with Crippen LogP contribution in [-0.4, -0.2) is 13.2 Å². The lowest BCUT2D eigenvalue weighted by Gasteiger charge is -2.13. The second-order valence-corrected chi connectivity index (χ2v) is 4.10. The van der Waals surface area contributed by atoms with Crippen LogP contribution in [-0.2, 0) is 12.7 Å². The van der Waals surface area contributed by atoms with E-state index < -0.39 is 11.7 Å². The molecule has 0 aliphatic rings. The van der Waals surface area contributed by atoms with Crippen molar-refractivity contribution in [2.75, 3.05) is 7.11 Å². The number of rotatable bonds is 4. The summed E-state index contributed by atoms with van der Waals surface area (Å²) in [7, 11) is 1.36. The van der Waals surface area contributed by atoms with Gasteiger partial charge in [-0.15, -0.1) is 0 Å². The lowest BCUT2D eigenvalue weighted by atomic mass is 10.1. The molecule has 0 amide bonds. The highest BCUT2D eigenvalue weighted by molar-refractivity contribution is 5.36. The van der Waals surface area contributed by atoms with E-state index in [-0.39, 0.29) is 11.8 Å². The smallest absolute Gasteiger partial charge is 0.416 e. The molecule has 1 rings (SSSR count). The van der Waals surface area contributed by atoms with Crippen molar-refractivity contribution in [1.29, 1.82) is 0 Å². The highest BCUT2D eigenvalue weighted by Gasteiger charge is 2.31. The average Bonchev–Trinajstić information content (AvgIpc) is 2.24. The molecule has 0 unspecified atom stereocenters. The van der Waals surface area contributed by atoms with Gasteiger partial charge in [0.1, 0.15) is 5.75 Å². The molecule has 96 valence electrons. The molecule has 0 radical (unpaired) electrons. The Labute approximate surface area is 98.8 Å². The highest BCUT2D eigenvalue weighted by atomic mass is 19.4. The topological polar surface area (TPSA) is 21.3 Å². The monoisotopic (exact) mass is 247 g/mol. The van der Waals surface area contributed by atoms with Gasteiger partial charge in [0.25, 0.3) is 0 Å². The molecule has 0 aliphatic heterocycles. The lowest BCUT2D eigenvalue weighted by molar-refractivity contribution is -0.137. The summed E-state index contributed by atoms with van der Waals surface area (Å²) in [6.07, 6.45) is -4.35. The van der Waals surface area contributed by atoms with Crippen LogP contribution in [0.2, 0.25) is 0 Å². The summed E-state index contributed by atoms with van der Waals surface area (Å²) in [5.74, 6) is 0.223. The summed E-state index contributed by atoms with van der Waals surface area (Å²) in [5.41, 5.74) is -0.122. The van der Waals surface area contributed by atoms with Crippen LogP contribution in [0.4, 0.5) is 13.2 Å². The van der Waals surface area contributed by atoms with Gasteiger partial charge in [0.15, 0.2) is 0 Å². The van der Waals surface area contributed by atoms with Gasteiger partial charge >= 0.3 is 6.18 Å². The normalized spacial score (nSPS) is 11.9. The lowest BCUT2D eigenvalue weighted by Crippen LogP contribution is -2.22. The summed E-state index contributed by atoms with van der Waals surface area (Å²) in [6, 6.07) is 3.96. The van der Waals surface area contributed by atoms with E-state index >= 15 is 0 Å². The SMILES string of the molecule is COc1cc(CNC(C)C)cc(C(F)(F)F)c1. The summed E-state index contributed by atoms with van der Waals surface area (Å²) >= 11 is 0. The van der Waals surface area contributed by atoms with Crippen molar-refractivity contribution in [3.63, 3.8) is 0 Å². The molecule has 0 saturated heterocycles. The van der Waals surface area contributed by atoms with Crippen molar-refractivity contribution in [3.8, 4) is 5.75 Å². The third kappa shape index (κ3) is 4.26. The first-order valence-electron chi connectivity index (χ1n) is 5.31. The predicted molar refractivity (Wildman–Crippen MR) is 60.0 cm³/mol. The van der Waals surface area contributed by atoms with Gasteiger partial charge in [0.2, 0.25) is 0 Å². The number of hydrogen-bond acceptors (Lipinski definition) is 2. The maximum Gasteiger partial charge on any atom is 0.416 e. The van der Waals surface area contributed by atoms with Crippen LogP contribution in [0.25, 0.3) is 0 Å². The van der Waals surface area contributed by atoms with Gasteiger partial charge in [-0.05, 0) is 23.8 Å². The van der Waals surface area contributed by atoms with E-state index in [0.29, 0.717) is 12.1 Å². The number of nitrogens with one attached hydrogen (secondary N) is 1. The van der Waals surface area contributed by atoms with Gasteiger partial charge in [-0.2, -0.15) is 13.2 Å². The standard InChI is InChI=1S/C12H16F3NO/c1-8(2)16-7-9-4-10(12(13,14)15)6-11(5-9)17-3/h4-6,8,16H,7H2,1-3H3. The highest BCUT2D eigenvalue weighted by Crippen LogP contribution is 2.32. The van der Waals surface area contributed by atoms with Gasteiger partial charge in [-0.1, -0.05) is 13.8 Å². The molecule has 0 fully saturated rings. The minimum Gasteiger partial charge on any atom is -0.497 e. The van der Waals surface area contributed by atoms with Gasteiger partial charge in [0.05, 0.1) is 12.7 Å². The quantitative estimate of drug-likeness (QED) is 0.882. The fourth-order valence-corrected chi connectivity index (χ4v) is 1.37. The Kier molecular flexibility index (Phi) is 4.40. The van der Waals surface area contributed by atoms with Crippen LogP contribution < -0.4 is 10.1 Å². The third-order valence-electron chi connectivity index (χ3n) is 2.24. The molecular formula is C12H16F3NO. The Morgan fingerprint density at radius 2 is 1.88 bits per heavy atom. The maximum atomic E-state index is 12.6. The fraction of sp³-hybridized carbons (Fsp3) is 0.500. The van der Waals surface area contributed by atoms with Crippen LogP contribution in [0, 0.1) is 0 Å². The summed E-state index contributed by atoms with van der Waals surface area (Å²) in [5, 5.41) is 3.07. The van der Waals surface area contributed by atoms with Crippen molar-refractivity contribution in [2.45, 2.75) is 32.6 Å². The minimum atomic E-state index is -4.35. The first-order valence-corrected chi connectivity index (χ1v) is 5.31. The molecule has 0 spiro atoms. The molecule has 0 bridgehead atoms. The zero-order valence-electron chi connectivity index (χ0n) is 10.1. The van der Waals surface area contributed by atoms with Crippen LogP contribution >= 0.6 is 0 Å². The van der Waals surface area contributed by atoms with Crippen LogP contribution in [0.5, 0.6) is 5.75 Å². The van der Waals surface area contributed by atoms with E-state index in [0.717, 1.165) is 12.1 Å². The summed E-state index contributed by atoms with van der Waals surface area (Å²) in [6.45, 7) is 4.26. The number of ether oxygens (including phenoxy) is 1. The van der Waals surface area contributed by atoms with Crippen LogP contribution in [0.15, 0.2) is 18.2 Å². The van der Waals surface area contributed by atoms with E-state index in [9.17, 15) is 13.2 Å². The number of hydrogen-bond donors (Lipinski definition) is 1. The average molecular weight is 247 g/mol. The Hall–Kier alpha value is -1.23. The molecule has 0 aromatic heterocycles. The number of halogens is 3. The third-order valence-corrected chi connectivity index (χ3v) is 2.24. The molecule has 1 N–H and O–H groups in total. The second kappa shape index (κ2) is 5.40. The number of benzene rings is 1. The molecule has 1 aromatic carbocycles. The van der Waals surface area contributed by atoms with E-state index in [2.05, 4.69) is 5.32 Å². The molecule has 0 atom stereocenters. The van der Waals surface area contributed by atoms with Crippen molar-refractivity contribution in [1.82, 2.24) is 5.32 Å². The Morgan fingerprint density at radius 3 is 2.35 bits per heavy atom. The van der Waals surface area contributed by atoms with Gasteiger partial charge in [-0.25, -0.2) is 0 Å². The number of alkyl halides is 3. The van der Waals surface area contributed by atoms with Crippen molar-refractivity contribution >= 4 is 0 Å². The summed E-state index contributed by atoms with van der Waals surface area (Å²) in [4.78, 5) is 0. The molecular weight excluding hydrogens is 231 g/mol. The Bertz CT molecular complexity index is 375. The molecule has 17 heavy (non-hydrogen) atoms. The summed E-state index contributed by atoms with van der Waals surface area (Å²) < 4.78 is 42.7. The van der Waals surface area contributed by atoms with Crippen LogP contribution in [0.1, 0.15) is 25.0 Å². The minimum absolute atomic E-state index is 0.218. The van der Waals surface area contributed by atoms with E-state index in [1.807, 2.05) is 13.8 Å². The van der Waals surface area contributed by atoms with Gasteiger partial charge < -0.3 is 10.1 Å². The van der Waals surface area contributed by atoms with Crippen molar-refractivity contribution in [3.05, 3.63) is 29.3 Å². The van der Waals surface area contributed by atoms with E-state index in [4.69, 9.17) is 4.74 Å². The second-order valence-electron chi connectivity index (χ2n) is 4.10. The van der Waals surface area contributed by atoms with Gasteiger partial charge in [-0.3, -0.25) is 0 Å². The molecule has 0 aliphatic carbocycles. The Morgan fingerprint density at radius 1 is 1.24 bits per heavy atom. The predicted octanol–water partition coefficient (Wildman–Crippen LogP) is 3.21. The molecule has 0 saturated carbocycles. The molecule has 5 heteroatoms. The molecule has 1 aromatic rings. The molecule has 2 nitrogen and oxygen atoms in total. The first-order chi connectivity index (χ1) is 7.82. The van der Waals surface area contributed by atoms with Crippen molar-refractivity contribution in [2.24, 2.45) is 0 Å². The first kappa shape index (κ1) is 13.8. The fourth-order valence-electron chi connectivity index (χ4n) is 1.37. The molecule has 0 heterocycles.